The van der Waals surface area contributed by atoms with Crippen molar-refractivity contribution < 1.29 is 14.3 Å². The second-order valence-electron chi connectivity index (χ2n) is 7.00. The topological polar surface area (TPSA) is 76.5 Å². The van der Waals surface area contributed by atoms with Crippen molar-refractivity contribution in [1.29, 1.82) is 0 Å². The van der Waals surface area contributed by atoms with Crippen molar-refractivity contribution in [3.8, 4) is 0 Å². The third-order valence-electron chi connectivity index (χ3n) is 5.22. The van der Waals surface area contributed by atoms with E-state index in [0.717, 1.165) is 0 Å². The number of carbonyl (C=O) groups is 2. The lowest BCUT2D eigenvalue weighted by molar-refractivity contribution is 0.0547. The third-order valence-corrected chi connectivity index (χ3v) is 5.22. The summed E-state index contributed by atoms with van der Waals surface area (Å²) in [4.78, 5) is 31.3. The van der Waals surface area contributed by atoms with Crippen LogP contribution in [0.4, 0.5) is 0 Å². The SMILES string of the molecule is COCCC1(NC(=O)c2ccccc2)CCN(C(=O)c2nccn2C)CC1. The van der Waals surface area contributed by atoms with Crippen LogP contribution in [0.3, 0.4) is 0 Å². The number of methoxy groups -OCH3 is 1. The summed E-state index contributed by atoms with van der Waals surface area (Å²) in [6, 6.07) is 9.20. The Morgan fingerprint density at radius 3 is 2.52 bits per heavy atom. The molecule has 2 amide bonds. The standard InChI is InChI=1S/C20H26N4O3/c1-23-14-11-21-17(23)19(26)24-12-8-20(9-13-24,10-15-27-2)22-18(25)16-6-4-3-5-7-16/h3-7,11,14H,8-10,12-13,15H2,1-2H3,(H,22,25). The fourth-order valence-electron chi connectivity index (χ4n) is 3.49. The Balaban J connectivity index is 1.69. The number of amides is 2. The fraction of sp³-hybridized carbons (Fsp3) is 0.450. The number of carbonyl (C=O) groups excluding carboxylic acids is 2. The number of benzene rings is 1. The Bertz CT molecular complexity index is 780. The van der Waals surface area contributed by atoms with Crippen LogP contribution in [0.25, 0.3) is 0 Å². The number of ether oxygens (including phenoxy) is 1. The van der Waals surface area contributed by atoms with E-state index >= 15 is 0 Å². The summed E-state index contributed by atoms with van der Waals surface area (Å²) in [5.41, 5.74) is 0.266. The number of piperidine rings is 1. The van der Waals surface area contributed by atoms with Crippen LogP contribution >= 0.6 is 0 Å². The van der Waals surface area contributed by atoms with E-state index in [1.807, 2.05) is 30.1 Å². The molecule has 1 aromatic carbocycles. The predicted octanol–water partition coefficient (Wildman–Crippen LogP) is 1.86. The predicted molar refractivity (Wildman–Crippen MR) is 101 cm³/mol. The first-order chi connectivity index (χ1) is 13.0. The monoisotopic (exact) mass is 370 g/mol. The van der Waals surface area contributed by atoms with Crippen LogP contribution in [-0.2, 0) is 11.8 Å². The Kier molecular flexibility index (Phi) is 5.91. The highest BCUT2D eigenvalue weighted by Gasteiger charge is 2.37. The average molecular weight is 370 g/mol. The molecule has 0 unspecified atom stereocenters. The lowest BCUT2D eigenvalue weighted by Gasteiger charge is -2.42. The molecular weight excluding hydrogens is 344 g/mol. The number of likely N-dealkylation sites (tertiary alicyclic amines) is 1. The van der Waals surface area contributed by atoms with Gasteiger partial charge in [-0.2, -0.15) is 0 Å². The molecule has 1 fully saturated rings. The second kappa shape index (κ2) is 8.35. The first-order valence-electron chi connectivity index (χ1n) is 9.18. The molecule has 144 valence electrons. The van der Waals surface area contributed by atoms with Gasteiger partial charge in [0.15, 0.2) is 5.82 Å². The molecule has 0 atom stereocenters. The highest BCUT2D eigenvalue weighted by Crippen LogP contribution is 2.27. The van der Waals surface area contributed by atoms with E-state index in [1.54, 1.807) is 36.2 Å². The van der Waals surface area contributed by atoms with Crippen LogP contribution in [-0.4, -0.2) is 58.6 Å². The van der Waals surface area contributed by atoms with Gasteiger partial charge in [0, 0.05) is 57.3 Å². The molecule has 3 rings (SSSR count). The minimum atomic E-state index is -0.374. The fourth-order valence-corrected chi connectivity index (χ4v) is 3.49. The maximum absolute atomic E-state index is 12.7. The number of hydrogen-bond acceptors (Lipinski definition) is 4. The smallest absolute Gasteiger partial charge is 0.289 e. The summed E-state index contributed by atoms with van der Waals surface area (Å²) < 4.78 is 6.99. The molecule has 0 radical (unpaired) electrons. The maximum atomic E-state index is 12.7. The van der Waals surface area contributed by atoms with E-state index in [0.29, 0.717) is 50.3 Å². The van der Waals surface area contributed by atoms with E-state index in [9.17, 15) is 9.59 Å². The summed E-state index contributed by atoms with van der Waals surface area (Å²) in [6.45, 7) is 1.71. The van der Waals surface area contributed by atoms with E-state index in [4.69, 9.17) is 4.74 Å². The van der Waals surface area contributed by atoms with Crippen LogP contribution in [0.15, 0.2) is 42.7 Å². The second-order valence-corrected chi connectivity index (χ2v) is 7.00. The van der Waals surface area contributed by atoms with Crippen LogP contribution in [0.2, 0.25) is 0 Å². The molecule has 7 nitrogen and oxygen atoms in total. The van der Waals surface area contributed by atoms with Crippen molar-refractivity contribution in [2.75, 3.05) is 26.8 Å². The first kappa shape index (κ1) is 19.1. The Labute approximate surface area is 159 Å². The molecule has 1 aliphatic rings. The van der Waals surface area contributed by atoms with Crippen molar-refractivity contribution in [3.63, 3.8) is 0 Å². The number of aryl methyl sites for hydroxylation is 1. The Morgan fingerprint density at radius 1 is 1.22 bits per heavy atom. The quantitative estimate of drug-likeness (QED) is 0.842. The van der Waals surface area contributed by atoms with Gasteiger partial charge in [0.25, 0.3) is 11.8 Å². The van der Waals surface area contributed by atoms with Crippen LogP contribution in [0, 0.1) is 0 Å². The van der Waals surface area contributed by atoms with Crippen molar-refractivity contribution >= 4 is 11.8 Å². The molecule has 1 N–H and O–H groups in total. The summed E-state index contributed by atoms with van der Waals surface area (Å²) >= 11 is 0. The van der Waals surface area contributed by atoms with E-state index in [-0.39, 0.29) is 17.4 Å². The number of nitrogens with one attached hydrogen (secondary N) is 1. The van der Waals surface area contributed by atoms with E-state index in [2.05, 4.69) is 10.3 Å². The van der Waals surface area contributed by atoms with Crippen molar-refractivity contribution in [2.24, 2.45) is 7.05 Å². The van der Waals surface area contributed by atoms with Crippen molar-refractivity contribution in [3.05, 3.63) is 54.1 Å². The molecule has 1 saturated heterocycles. The van der Waals surface area contributed by atoms with Gasteiger partial charge in [-0.25, -0.2) is 4.98 Å². The Hall–Kier alpha value is -2.67. The van der Waals surface area contributed by atoms with Gasteiger partial charge in [-0.1, -0.05) is 18.2 Å². The minimum Gasteiger partial charge on any atom is -0.385 e. The molecule has 0 saturated carbocycles. The zero-order valence-electron chi connectivity index (χ0n) is 15.9. The van der Waals surface area contributed by atoms with Gasteiger partial charge in [0.2, 0.25) is 0 Å². The van der Waals surface area contributed by atoms with Crippen molar-refractivity contribution in [2.45, 2.75) is 24.8 Å². The zero-order chi connectivity index (χ0) is 19.3. The van der Waals surface area contributed by atoms with Gasteiger partial charge in [-0.3, -0.25) is 9.59 Å². The maximum Gasteiger partial charge on any atom is 0.289 e. The number of hydrogen-bond donors (Lipinski definition) is 1. The molecule has 2 heterocycles. The molecule has 2 aromatic rings. The third kappa shape index (κ3) is 4.36. The molecule has 0 spiro atoms. The van der Waals surface area contributed by atoms with Crippen LogP contribution < -0.4 is 5.32 Å². The number of nitrogens with zero attached hydrogens (tertiary/aromatic N) is 3. The average Bonchev–Trinajstić information content (AvgIpc) is 3.13. The molecule has 7 heteroatoms. The van der Waals surface area contributed by atoms with Gasteiger partial charge in [-0.15, -0.1) is 0 Å². The number of imidazole rings is 1. The number of aromatic nitrogens is 2. The Morgan fingerprint density at radius 2 is 1.93 bits per heavy atom. The largest absolute Gasteiger partial charge is 0.385 e. The zero-order valence-corrected chi connectivity index (χ0v) is 15.9. The lowest BCUT2D eigenvalue weighted by Crippen LogP contribution is -2.56. The minimum absolute atomic E-state index is 0.0720. The van der Waals surface area contributed by atoms with Gasteiger partial charge >= 0.3 is 0 Å². The van der Waals surface area contributed by atoms with Gasteiger partial charge in [-0.05, 0) is 31.4 Å². The molecule has 27 heavy (non-hydrogen) atoms. The van der Waals surface area contributed by atoms with E-state index < -0.39 is 0 Å². The van der Waals surface area contributed by atoms with Gasteiger partial charge in [0.1, 0.15) is 0 Å². The highest BCUT2D eigenvalue weighted by atomic mass is 16.5. The molecule has 1 aliphatic heterocycles. The van der Waals surface area contributed by atoms with Gasteiger partial charge < -0.3 is 19.5 Å². The van der Waals surface area contributed by atoms with Crippen molar-refractivity contribution in [1.82, 2.24) is 19.8 Å². The molecule has 0 bridgehead atoms. The summed E-state index contributed by atoms with van der Waals surface area (Å²) in [6.07, 6.45) is 5.48. The number of rotatable bonds is 6. The first-order valence-corrected chi connectivity index (χ1v) is 9.18. The molecular formula is C20H26N4O3. The van der Waals surface area contributed by atoms with E-state index in [1.165, 1.54) is 0 Å². The highest BCUT2D eigenvalue weighted by molar-refractivity contribution is 5.94. The van der Waals surface area contributed by atoms with Gasteiger partial charge in [0.05, 0.1) is 0 Å². The normalized spacial score (nSPS) is 16.1. The molecule has 0 aliphatic carbocycles. The molecule has 1 aromatic heterocycles. The summed E-state index contributed by atoms with van der Waals surface area (Å²) in [5.74, 6) is 0.278. The lowest BCUT2D eigenvalue weighted by atomic mass is 9.84. The van der Waals surface area contributed by atoms with Crippen LogP contribution in [0.1, 0.15) is 40.2 Å². The van der Waals surface area contributed by atoms with Crippen LogP contribution in [0.5, 0.6) is 0 Å². The summed E-state index contributed by atoms with van der Waals surface area (Å²) in [7, 11) is 3.47. The summed E-state index contributed by atoms with van der Waals surface area (Å²) in [5, 5.41) is 3.21.